The summed E-state index contributed by atoms with van der Waals surface area (Å²) in [5.41, 5.74) is 0. The third-order valence-corrected chi connectivity index (χ3v) is 0.716. The molecule has 0 aliphatic rings. The minimum Gasteiger partial charge on any atom is -0.463 e. The average molecular weight is 145 g/mol. The summed E-state index contributed by atoms with van der Waals surface area (Å²) in [6.07, 6.45) is 0.760. The van der Waals surface area contributed by atoms with Crippen LogP contribution in [0.1, 0.15) is 13.3 Å². The molecule has 0 atom stereocenters. The molecule has 0 aliphatic heterocycles. The van der Waals surface area contributed by atoms with Gasteiger partial charge in [0.2, 0.25) is 0 Å². The van der Waals surface area contributed by atoms with Crippen LogP contribution in [0.15, 0.2) is 0 Å². The molecule has 10 heavy (non-hydrogen) atoms. The highest BCUT2D eigenvalue weighted by molar-refractivity contribution is 5.71. The van der Waals surface area contributed by atoms with Crippen LogP contribution in [0.3, 0.4) is 0 Å². The topological polar surface area (TPSA) is 52.6 Å². The van der Waals surface area contributed by atoms with Crippen LogP contribution in [0.25, 0.3) is 0 Å². The molecule has 0 aromatic heterocycles. The lowest BCUT2D eigenvalue weighted by atomic mass is 10.5. The van der Waals surface area contributed by atoms with E-state index >= 15 is 0 Å². The highest BCUT2D eigenvalue weighted by Gasteiger charge is 2.00. The summed E-state index contributed by atoms with van der Waals surface area (Å²) in [4.78, 5) is 19.9. The van der Waals surface area contributed by atoms with Crippen molar-refractivity contribution >= 4 is 12.4 Å². The molecule has 57 valence electrons. The molecular weight excluding hydrogens is 136 g/mol. The Morgan fingerprint density at radius 1 is 1.60 bits per heavy atom. The minimum atomic E-state index is -0.537. The molecule has 0 rings (SSSR count). The average Bonchev–Trinajstić information content (AvgIpc) is 1.97. The van der Waals surface area contributed by atoms with Crippen molar-refractivity contribution in [2.45, 2.75) is 13.3 Å². The van der Waals surface area contributed by atoms with E-state index in [4.69, 9.17) is 0 Å². The molecule has 0 bridgehead atoms. The molecule has 0 N–H and O–H groups in total. The third kappa shape index (κ3) is 5.08. The van der Waals surface area contributed by atoms with Gasteiger partial charge in [0.05, 0.1) is 6.61 Å². The van der Waals surface area contributed by atoms with Crippen LogP contribution in [-0.4, -0.2) is 25.7 Å². The lowest BCUT2D eigenvalue weighted by Gasteiger charge is -1.99. The van der Waals surface area contributed by atoms with Crippen molar-refractivity contribution in [1.82, 2.24) is 0 Å². The molecule has 0 aliphatic carbocycles. The maximum absolute atomic E-state index is 10.4. The van der Waals surface area contributed by atoms with E-state index in [9.17, 15) is 9.59 Å². The maximum atomic E-state index is 10.4. The standard InChI is InChI=1S/C6H9O4/c1-2-3-10-6(8)4-9-5-7/h2-4H2,1H3. The Morgan fingerprint density at radius 3 is 2.80 bits per heavy atom. The third-order valence-electron chi connectivity index (χ3n) is 0.716. The maximum Gasteiger partial charge on any atom is 0.418 e. The van der Waals surface area contributed by atoms with Gasteiger partial charge >= 0.3 is 12.4 Å². The predicted molar refractivity (Wildman–Crippen MR) is 32.9 cm³/mol. The van der Waals surface area contributed by atoms with Crippen LogP contribution < -0.4 is 0 Å². The van der Waals surface area contributed by atoms with E-state index in [1.807, 2.05) is 6.92 Å². The van der Waals surface area contributed by atoms with Crippen LogP contribution in [0.5, 0.6) is 0 Å². The van der Waals surface area contributed by atoms with E-state index in [0.717, 1.165) is 12.9 Å². The van der Waals surface area contributed by atoms with E-state index in [0.29, 0.717) is 6.61 Å². The Hall–Kier alpha value is -1.06. The van der Waals surface area contributed by atoms with Crippen molar-refractivity contribution in [2.24, 2.45) is 0 Å². The van der Waals surface area contributed by atoms with Crippen LogP contribution in [0, 0.1) is 0 Å². The lowest BCUT2D eigenvalue weighted by molar-refractivity contribution is -0.146. The second-order valence-corrected chi connectivity index (χ2v) is 1.59. The quantitative estimate of drug-likeness (QED) is 0.512. The van der Waals surface area contributed by atoms with Crippen molar-refractivity contribution in [3.8, 4) is 0 Å². The molecule has 1 radical (unpaired) electrons. The van der Waals surface area contributed by atoms with E-state index in [-0.39, 0.29) is 6.61 Å². The van der Waals surface area contributed by atoms with Gasteiger partial charge in [0.1, 0.15) is 0 Å². The Kier molecular flexibility index (Phi) is 5.42. The van der Waals surface area contributed by atoms with Crippen molar-refractivity contribution in [3.63, 3.8) is 0 Å². The summed E-state index contributed by atoms with van der Waals surface area (Å²) in [7, 11) is 0. The van der Waals surface area contributed by atoms with Crippen molar-refractivity contribution in [3.05, 3.63) is 0 Å². The van der Waals surface area contributed by atoms with Crippen LogP contribution >= 0.6 is 0 Å². The van der Waals surface area contributed by atoms with Gasteiger partial charge < -0.3 is 9.47 Å². The fourth-order valence-electron chi connectivity index (χ4n) is 0.346. The van der Waals surface area contributed by atoms with Gasteiger partial charge in [-0.3, -0.25) is 0 Å². The van der Waals surface area contributed by atoms with Gasteiger partial charge in [-0.1, -0.05) is 6.92 Å². The van der Waals surface area contributed by atoms with Crippen LogP contribution in [-0.2, 0) is 19.1 Å². The lowest BCUT2D eigenvalue weighted by Crippen LogP contribution is -2.12. The molecular formula is C6H9O4. The summed E-state index contributed by atoms with van der Waals surface area (Å²) in [6, 6.07) is 0. The zero-order chi connectivity index (χ0) is 7.82. The first-order valence-electron chi connectivity index (χ1n) is 2.95. The van der Waals surface area contributed by atoms with Gasteiger partial charge in [-0.2, -0.15) is 0 Å². The largest absolute Gasteiger partial charge is 0.463 e. The zero-order valence-electron chi connectivity index (χ0n) is 5.75. The Bertz CT molecular complexity index is 110. The highest BCUT2D eigenvalue weighted by Crippen LogP contribution is 1.82. The van der Waals surface area contributed by atoms with Gasteiger partial charge in [-0.25, -0.2) is 9.59 Å². The van der Waals surface area contributed by atoms with E-state index in [2.05, 4.69) is 9.47 Å². The molecule has 0 amide bonds. The molecule has 4 nitrogen and oxygen atoms in total. The monoisotopic (exact) mass is 145 g/mol. The van der Waals surface area contributed by atoms with E-state index in [1.165, 1.54) is 0 Å². The number of carbonyl (C=O) groups is 1. The number of hydrogen-bond acceptors (Lipinski definition) is 4. The van der Waals surface area contributed by atoms with Gasteiger partial charge in [0, 0.05) is 0 Å². The Labute approximate surface area is 59.1 Å². The second kappa shape index (κ2) is 6.07. The fraction of sp³-hybridized carbons (Fsp3) is 0.667. The van der Waals surface area contributed by atoms with Gasteiger partial charge in [0.25, 0.3) is 0 Å². The normalized spacial score (nSPS) is 8.50. The molecule has 0 spiro atoms. The molecule has 0 aromatic rings. The Morgan fingerprint density at radius 2 is 2.30 bits per heavy atom. The first kappa shape index (κ1) is 8.94. The first-order chi connectivity index (χ1) is 4.81. The molecule has 0 saturated heterocycles. The number of carbonyl (C=O) groups excluding carboxylic acids is 2. The van der Waals surface area contributed by atoms with Gasteiger partial charge in [0.15, 0.2) is 6.61 Å². The second-order valence-electron chi connectivity index (χ2n) is 1.59. The fourth-order valence-corrected chi connectivity index (χ4v) is 0.346. The van der Waals surface area contributed by atoms with Crippen molar-refractivity contribution in [2.75, 3.05) is 13.2 Å². The van der Waals surface area contributed by atoms with Crippen LogP contribution in [0.2, 0.25) is 0 Å². The summed E-state index contributed by atoms with van der Waals surface area (Å²) in [5, 5.41) is 0. The van der Waals surface area contributed by atoms with Crippen LogP contribution in [0.4, 0.5) is 0 Å². The number of hydrogen-bond donors (Lipinski definition) is 0. The summed E-state index contributed by atoms with van der Waals surface area (Å²) >= 11 is 0. The highest BCUT2D eigenvalue weighted by atomic mass is 16.6. The van der Waals surface area contributed by atoms with E-state index in [1.54, 1.807) is 0 Å². The van der Waals surface area contributed by atoms with Crippen molar-refractivity contribution in [1.29, 1.82) is 0 Å². The number of ether oxygens (including phenoxy) is 2. The predicted octanol–water partition coefficient (Wildman–Crippen LogP) is 0.0234. The molecule has 0 unspecified atom stereocenters. The first-order valence-corrected chi connectivity index (χ1v) is 2.95. The summed E-state index contributed by atoms with van der Waals surface area (Å²) in [6.45, 7) is 3.02. The Balaban J connectivity index is 3.16. The van der Waals surface area contributed by atoms with Gasteiger partial charge in [-0.05, 0) is 6.42 Å². The molecule has 0 fully saturated rings. The summed E-state index contributed by atoms with van der Waals surface area (Å²) in [5.74, 6) is -0.537. The molecule has 0 aromatic carbocycles. The minimum absolute atomic E-state index is 0.344. The molecule has 4 heteroatoms. The number of esters is 1. The van der Waals surface area contributed by atoms with E-state index < -0.39 is 5.97 Å². The smallest absolute Gasteiger partial charge is 0.418 e. The van der Waals surface area contributed by atoms with Crippen molar-refractivity contribution < 1.29 is 19.1 Å². The molecule has 0 saturated carbocycles. The van der Waals surface area contributed by atoms with Gasteiger partial charge in [-0.15, -0.1) is 0 Å². The number of rotatable bonds is 5. The molecule has 0 heterocycles. The SMILES string of the molecule is CCCOC(=O)CO[C]=O. The zero-order valence-corrected chi connectivity index (χ0v) is 5.75. The summed E-state index contributed by atoms with van der Waals surface area (Å²) < 4.78 is 8.56.